The van der Waals surface area contributed by atoms with Crippen LogP contribution >= 0.6 is 0 Å². The Morgan fingerprint density at radius 3 is 2.33 bits per heavy atom. The van der Waals surface area contributed by atoms with Crippen LogP contribution < -0.4 is 5.32 Å². The van der Waals surface area contributed by atoms with E-state index in [1.807, 2.05) is 20.8 Å². The summed E-state index contributed by atoms with van der Waals surface area (Å²) in [5.74, 6) is -1.05. The van der Waals surface area contributed by atoms with Gasteiger partial charge in [0.1, 0.15) is 0 Å². The Morgan fingerprint density at radius 1 is 1.15 bits per heavy atom. The van der Waals surface area contributed by atoms with E-state index in [4.69, 9.17) is 4.74 Å². The van der Waals surface area contributed by atoms with Gasteiger partial charge in [0.25, 0.3) is 5.91 Å². The standard InChI is InChI=1S/C19H28N2O5S/c1-13(2)20-18(22)15(4)26-19(23)16-8-10-17(11-9-16)27(24,25)21-12-6-5-7-14(21)3/h8-11,13-15H,5-7,12H2,1-4H3,(H,20,22). The largest absolute Gasteiger partial charge is 0.449 e. The second-order valence-electron chi connectivity index (χ2n) is 7.20. The van der Waals surface area contributed by atoms with Crippen LogP contribution in [0.5, 0.6) is 0 Å². The van der Waals surface area contributed by atoms with E-state index in [0.29, 0.717) is 6.54 Å². The third kappa shape index (κ3) is 5.29. The highest BCUT2D eigenvalue weighted by molar-refractivity contribution is 7.89. The number of ether oxygens (including phenoxy) is 1. The van der Waals surface area contributed by atoms with Crippen LogP contribution in [-0.2, 0) is 19.6 Å². The average molecular weight is 397 g/mol. The van der Waals surface area contributed by atoms with Crippen molar-refractivity contribution in [2.75, 3.05) is 6.54 Å². The smallest absolute Gasteiger partial charge is 0.338 e. The molecule has 0 aromatic heterocycles. The van der Waals surface area contributed by atoms with Gasteiger partial charge in [-0.3, -0.25) is 4.79 Å². The van der Waals surface area contributed by atoms with Crippen LogP contribution in [0.2, 0.25) is 0 Å². The number of nitrogens with one attached hydrogen (secondary N) is 1. The Kier molecular flexibility index (Phi) is 7.00. The summed E-state index contributed by atoms with van der Waals surface area (Å²) in [7, 11) is -3.59. The van der Waals surface area contributed by atoms with Gasteiger partial charge in [0.05, 0.1) is 10.5 Å². The van der Waals surface area contributed by atoms with Crippen molar-refractivity contribution < 1.29 is 22.7 Å². The molecule has 2 unspecified atom stereocenters. The molecule has 1 saturated heterocycles. The molecule has 0 saturated carbocycles. The number of benzene rings is 1. The second kappa shape index (κ2) is 8.84. The maximum Gasteiger partial charge on any atom is 0.338 e. The van der Waals surface area contributed by atoms with Gasteiger partial charge in [0.15, 0.2) is 6.10 Å². The van der Waals surface area contributed by atoms with Crippen molar-refractivity contribution >= 4 is 21.9 Å². The summed E-state index contributed by atoms with van der Waals surface area (Å²) in [6.45, 7) is 7.54. The molecule has 27 heavy (non-hydrogen) atoms. The van der Waals surface area contributed by atoms with Gasteiger partial charge in [-0.25, -0.2) is 13.2 Å². The minimum Gasteiger partial charge on any atom is -0.449 e. The summed E-state index contributed by atoms with van der Waals surface area (Å²) in [6.07, 6.45) is 1.79. The van der Waals surface area contributed by atoms with E-state index >= 15 is 0 Å². The van der Waals surface area contributed by atoms with E-state index in [0.717, 1.165) is 19.3 Å². The number of hydrogen-bond donors (Lipinski definition) is 1. The number of esters is 1. The van der Waals surface area contributed by atoms with Gasteiger partial charge >= 0.3 is 5.97 Å². The van der Waals surface area contributed by atoms with Crippen molar-refractivity contribution in [1.29, 1.82) is 0 Å². The number of amides is 1. The van der Waals surface area contributed by atoms with Crippen LogP contribution in [0.3, 0.4) is 0 Å². The third-order valence-corrected chi connectivity index (χ3v) is 6.55. The number of carbonyl (C=O) groups is 2. The van der Waals surface area contributed by atoms with Gasteiger partial charge in [-0.2, -0.15) is 4.31 Å². The quantitative estimate of drug-likeness (QED) is 0.745. The maximum absolute atomic E-state index is 12.8. The van der Waals surface area contributed by atoms with Gasteiger partial charge in [0.2, 0.25) is 10.0 Å². The molecule has 1 N–H and O–H groups in total. The summed E-state index contributed by atoms with van der Waals surface area (Å²) < 4.78 is 32.3. The number of hydrogen-bond acceptors (Lipinski definition) is 5. The summed E-state index contributed by atoms with van der Waals surface area (Å²) in [5.41, 5.74) is 0.199. The summed E-state index contributed by atoms with van der Waals surface area (Å²) in [5, 5.41) is 2.67. The molecule has 8 heteroatoms. The van der Waals surface area contributed by atoms with Crippen molar-refractivity contribution in [3.05, 3.63) is 29.8 Å². The van der Waals surface area contributed by atoms with Crippen LogP contribution in [-0.4, -0.2) is 49.3 Å². The maximum atomic E-state index is 12.8. The highest BCUT2D eigenvalue weighted by atomic mass is 32.2. The van der Waals surface area contributed by atoms with E-state index in [1.54, 1.807) is 0 Å². The molecule has 0 spiro atoms. The SMILES string of the molecule is CC(C)NC(=O)C(C)OC(=O)c1ccc(S(=O)(=O)N2CCCCC2C)cc1. The van der Waals surface area contributed by atoms with Crippen LogP contribution in [0.1, 0.15) is 57.3 Å². The number of nitrogens with zero attached hydrogens (tertiary/aromatic N) is 1. The minimum atomic E-state index is -3.59. The van der Waals surface area contributed by atoms with Crippen molar-refractivity contribution in [1.82, 2.24) is 9.62 Å². The molecule has 150 valence electrons. The molecule has 1 fully saturated rings. The second-order valence-corrected chi connectivity index (χ2v) is 9.09. The van der Waals surface area contributed by atoms with Gasteiger partial charge in [-0.05, 0) is 64.8 Å². The van der Waals surface area contributed by atoms with E-state index < -0.39 is 22.1 Å². The van der Waals surface area contributed by atoms with E-state index in [-0.39, 0.29) is 28.4 Å². The number of carbonyl (C=O) groups excluding carboxylic acids is 2. The fraction of sp³-hybridized carbons (Fsp3) is 0.579. The Hall–Kier alpha value is -1.93. The monoisotopic (exact) mass is 396 g/mol. The lowest BCUT2D eigenvalue weighted by Crippen LogP contribution is -2.41. The first-order valence-electron chi connectivity index (χ1n) is 9.26. The molecule has 7 nitrogen and oxygen atoms in total. The van der Waals surface area contributed by atoms with Crippen molar-refractivity contribution in [2.45, 2.75) is 70.0 Å². The first-order valence-corrected chi connectivity index (χ1v) is 10.7. The molecule has 1 heterocycles. The zero-order chi connectivity index (χ0) is 20.2. The van der Waals surface area contributed by atoms with Gasteiger partial charge in [0, 0.05) is 18.6 Å². The van der Waals surface area contributed by atoms with Crippen LogP contribution in [0.15, 0.2) is 29.2 Å². The summed E-state index contributed by atoms with van der Waals surface area (Å²) in [4.78, 5) is 24.2. The van der Waals surface area contributed by atoms with Crippen molar-refractivity contribution in [3.63, 3.8) is 0 Å². The molecule has 0 aliphatic carbocycles. The van der Waals surface area contributed by atoms with Crippen LogP contribution in [0, 0.1) is 0 Å². The average Bonchev–Trinajstić information content (AvgIpc) is 2.61. The molecule has 0 radical (unpaired) electrons. The molecule has 2 rings (SSSR count). The predicted molar refractivity (Wildman–Crippen MR) is 102 cm³/mol. The highest BCUT2D eigenvalue weighted by Crippen LogP contribution is 2.25. The van der Waals surface area contributed by atoms with Gasteiger partial charge < -0.3 is 10.1 Å². The third-order valence-electron chi connectivity index (χ3n) is 4.52. The predicted octanol–water partition coefficient (Wildman–Crippen LogP) is 2.32. The number of rotatable bonds is 6. The van der Waals surface area contributed by atoms with Crippen molar-refractivity contribution in [2.24, 2.45) is 0 Å². The molecule has 1 aromatic rings. The zero-order valence-electron chi connectivity index (χ0n) is 16.3. The summed E-state index contributed by atoms with van der Waals surface area (Å²) in [6, 6.07) is 5.56. The van der Waals surface area contributed by atoms with E-state index in [1.165, 1.54) is 35.5 Å². The molecular weight excluding hydrogens is 368 g/mol. The first-order chi connectivity index (χ1) is 12.6. The fourth-order valence-corrected chi connectivity index (χ4v) is 4.71. The normalized spacial score (nSPS) is 19.5. The Morgan fingerprint density at radius 2 is 1.78 bits per heavy atom. The van der Waals surface area contributed by atoms with Crippen LogP contribution in [0.25, 0.3) is 0 Å². The van der Waals surface area contributed by atoms with E-state index in [9.17, 15) is 18.0 Å². The molecule has 1 aliphatic rings. The van der Waals surface area contributed by atoms with Gasteiger partial charge in [-0.15, -0.1) is 0 Å². The number of sulfonamides is 1. The van der Waals surface area contributed by atoms with Crippen molar-refractivity contribution in [3.8, 4) is 0 Å². The van der Waals surface area contributed by atoms with E-state index in [2.05, 4.69) is 5.32 Å². The topological polar surface area (TPSA) is 92.8 Å². The lowest BCUT2D eigenvalue weighted by atomic mass is 10.1. The summed E-state index contributed by atoms with van der Waals surface area (Å²) >= 11 is 0. The van der Waals surface area contributed by atoms with Gasteiger partial charge in [-0.1, -0.05) is 6.42 Å². The highest BCUT2D eigenvalue weighted by Gasteiger charge is 2.31. The zero-order valence-corrected chi connectivity index (χ0v) is 17.1. The lowest BCUT2D eigenvalue weighted by Gasteiger charge is -2.32. The first kappa shape index (κ1) is 21.4. The molecule has 1 amide bonds. The lowest BCUT2D eigenvalue weighted by molar-refractivity contribution is -0.129. The molecule has 1 aliphatic heterocycles. The van der Waals surface area contributed by atoms with Crippen LogP contribution in [0.4, 0.5) is 0 Å². The molecule has 2 atom stereocenters. The molecule has 0 bridgehead atoms. The molecular formula is C19H28N2O5S. The molecule has 1 aromatic carbocycles. The Bertz CT molecular complexity index is 774. The fourth-order valence-electron chi connectivity index (χ4n) is 3.01. The number of piperidine rings is 1. The Labute approximate surface area is 161 Å². The minimum absolute atomic E-state index is 0.0336. The Balaban J connectivity index is 2.08.